The number of hydrogen-bond donors (Lipinski definition) is 1. The van der Waals surface area contributed by atoms with Crippen LogP contribution < -0.4 is 5.32 Å². The summed E-state index contributed by atoms with van der Waals surface area (Å²) >= 11 is 0. The third-order valence-electron chi connectivity index (χ3n) is 5.00. The van der Waals surface area contributed by atoms with E-state index in [1.165, 1.54) is 0 Å². The van der Waals surface area contributed by atoms with E-state index in [4.69, 9.17) is 0 Å². The van der Waals surface area contributed by atoms with Crippen LogP contribution in [0.4, 0.5) is 0 Å². The fourth-order valence-corrected chi connectivity index (χ4v) is 4.73. The molecule has 1 saturated heterocycles. The number of halogens is 1. The number of piperidine rings is 1. The molecule has 1 aromatic rings. The minimum absolute atomic E-state index is 0. The number of fused-ring (bicyclic) bond motifs is 1. The third-order valence-corrected chi connectivity index (χ3v) is 6.32. The second-order valence-corrected chi connectivity index (χ2v) is 8.45. The molecule has 7 nitrogen and oxygen atoms in total. The molecule has 0 aromatic heterocycles. The van der Waals surface area contributed by atoms with Gasteiger partial charge in [0, 0.05) is 25.7 Å². The minimum atomic E-state index is -3.66. The molecule has 1 aromatic carbocycles. The summed E-state index contributed by atoms with van der Waals surface area (Å²) in [7, 11) is -1.95. The fraction of sp³-hybridized carbons (Fsp3) is 0.556. The van der Waals surface area contributed by atoms with Gasteiger partial charge in [0.15, 0.2) is 5.84 Å². The summed E-state index contributed by atoms with van der Waals surface area (Å²) in [4.78, 5) is 16.3. The molecule has 1 N–H and O–H groups in total. The average Bonchev–Trinajstić information content (AvgIpc) is 2.92. The van der Waals surface area contributed by atoms with Crippen LogP contribution in [-0.4, -0.2) is 69.7 Å². The quantitative estimate of drug-likeness (QED) is 0.786. The number of amides is 1. The molecule has 0 spiro atoms. The van der Waals surface area contributed by atoms with Gasteiger partial charge in [-0.15, -0.1) is 16.8 Å². The van der Waals surface area contributed by atoms with Gasteiger partial charge in [0.2, 0.25) is 5.91 Å². The third kappa shape index (κ3) is 4.80. The molecule has 0 unspecified atom stereocenters. The SMILES string of the molecule is CCNCC1CCN(C(=O)CN(C)C2=NS(=O)(=O)c3ccccc32)CC1.Cl. The number of carbonyl (C=O) groups is 1. The predicted molar refractivity (Wildman–Crippen MR) is 108 cm³/mol. The van der Waals surface area contributed by atoms with Crippen molar-refractivity contribution in [1.82, 2.24) is 15.1 Å². The van der Waals surface area contributed by atoms with Crippen LogP contribution in [0.15, 0.2) is 33.6 Å². The summed E-state index contributed by atoms with van der Waals surface area (Å²) in [6.07, 6.45) is 2.00. The van der Waals surface area contributed by atoms with Crippen LogP contribution in [0.1, 0.15) is 25.3 Å². The van der Waals surface area contributed by atoms with Gasteiger partial charge < -0.3 is 15.1 Å². The van der Waals surface area contributed by atoms with Gasteiger partial charge in [0.05, 0.1) is 6.54 Å². The van der Waals surface area contributed by atoms with Gasteiger partial charge >= 0.3 is 0 Å². The molecule has 0 aliphatic carbocycles. The van der Waals surface area contributed by atoms with Crippen molar-refractivity contribution in [1.29, 1.82) is 0 Å². The van der Waals surface area contributed by atoms with E-state index in [-0.39, 0.29) is 29.8 Å². The number of amidine groups is 1. The number of carbonyl (C=O) groups excluding carboxylic acids is 1. The van der Waals surface area contributed by atoms with Crippen molar-refractivity contribution in [2.75, 3.05) is 39.8 Å². The van der Waals surface area contributed by atoms with E-state index in [0.29, 0.717) is 17.3 Å². The molecular weight excluding hydrogens is 388 g/mol. The second-order valence-electron chi connectivity index (χ2n) is 6.87. The highest BCUT2D eigenvalue weighted by Gasteiger charge is 2.32. The van der Waals surface area contributed by atoms with E-state index in [1.807, 2.05) is 4.90 Å². The maximum atomic E-state index is 12.6. The van der Waals surface area contributed by atoms with Gasteiger partial charge in [-0.3, -0.25) is 4.79 Å². The highest BCUT2D eigenvalue weighted by Crippen LogP contribution is 2.27. The summed E-state index contributed by atoms with van der Waals surface area (Å²) in [5.41, 5.74) is 0.562. The van der Waals surface area contributed by atoms with Crippen LogP contribution in [0.2, 0.25) is 0 Å². The van der Waals surface area contributed by atoms with Crippen LogP contribution in [0.3, 0.4) is 0 Å². The molecule has 3 rings (SSSR count). The highest BCUT2D eigenvalue weighted by molar-refractivity contribution is 7.90. The van der Waals surface area contributed by atoms with E-state index >= 15 is 0 Å². The molecule has 0 bridgehead atoms. The van der Waals surface area contributed by atoms with Crippen LogP contribution in [0.25, 0.3) is 0 Å². The van der Waals surface area contributed by atoms with Crippen LogP contribution >= 0.6 is 12.4 Å². The Morgan fingerprint density at radius 1 is 1.30 bits per heavy atom. The molecule has 1 fully saturated rings. The summed E-state index contributed by atoms with van der Waals surface area (Å²) in [5.74, 6) is 0.975. The Kier molecular flexibility index (Phi) is 7.25. The van der Waals surface area contributed by atoms with E-state index < -0.39 is 10.0 Å². The Bertz CT molecular complexity index is 805. The van der Waals surface area contributed by atoms with Gasteiger partial charge in [-0.2, -0.15) is 8.42 Å². The molecule has 1 amide bonds. The van der Waals surface area contributed by atoms with E-state index in [0.717, 1.165) is 39.0 Å². The van der Waals surface area contributed by atoms with Crippen molar-refractivity contribution < 1.29 is 13.2 Å². The monoisotopic (exact) mass is 414 g/mol. The second kappa shape index (κ2) is 9.03. The summed E-state index contributed by atoms with van der Waals surface area (Å²) < 4.78 is 28.2. The first kappa shape index (κ1) is 21.7. The minimum Gasteiger partial charge on any atom is -0.349 e. The normalized spacial score (nSPS) is 18.4. The van der Waals surface area contributed by atoms with Crippen LogP contribution in [0.5, 0.6) is 0 Å². The lowest BCUT2D eigenvalue weighted by molar-refractivity contribution is -0.132. The predicted octanol–water partition coefficient (Wildman–Crippen LogP) is 1.34. The molecule has 150 valence electrons. The standard InChI is InChI=1S/C18H26N4O3S.ClH/c1-3-19-12-14-8-10-22(11-9-14)17(23)13-21(2)18-15-6-4-5-7-16(15)26(24,25)20-18;/h4-7,14,19H,3,8-13H2,1-2H3;1H. The first-order chi connectivity index (χ1) is 12.4. The molecule has 2 heterocycles. The Balaban J connectivity index is 0.00000261. The summed E-state index contributed by atoms with van der Waals surface area (Å²) in [6, 6.07) is 6.73. The lowest BCUT2D eigenvalue weighted by Gasteiger charge is -2.33. The van der Waals surface area contributed by atoms with Gasteiger partial charge in [-0.05, 0) is 44.0 Å². The van der Waals surface area contributed by atoms with Gasteiger partial charge in [0.1, 0.15) is 4.90 Å². The lowest BCUT2D eigenvalue weighted by Crippen LogP contribution is -2.45. The number of likely N-dealkylation sites (tertiary alicyclic amines) is 1. The maximum absolute atomic E-state index is 12.6. The Morgan fingerprint density at radius 3 is 2.63 bits per heavy atom. The Labute approximate surface area is 167 Å². The Morgan fingerprint density at radius 2 is 1.96 bits per heavy atom. The summed E-state index contributed by atoms with van der Waals surface area (Å²) in [5, 5.41) is 3.36. The molecule has 27 heavy (non-hydrogen) atoms. The fourth-order valence-electron chi connectivity index (χ4n) is 3.48. The number of hydrogen-bond acceptors (Lipinski definition) is 5. The molecule has 2 aliphatic heterocycles. The van der Waals surface area contributed by atoms with Crippen molar-refractivity contribution in [3.8, 4) is 0 Å². The van der Waals surface area contributed by atoms with Gasteiger partial charge in [-0.1, -0.05) is 19.1 Å². The molecule has 0 radical (unpaired) electrons. The van der Waals surface area contributed by atoms with Gasteiger partial charge in [0.25, 0.3) is 10.0 Å². The molecule has 0 atom stereocenters. The van der Waals surface area contributed by atoms with Crippen LogP contribution in [0, 0.1) is 5.92 Å². The van der Waals surface area contributed by atoms with Crippen LogP contribution in [-0.2, 0) is 14.8 Å². The zero-order chi connectivity index (χ0) is 18.7. The molecule has 2 aliphatic rings. The average molecular weight is 415 g/mol. The highest BCUT2D eigenvalue weighted by atomic mass is 35.5. The van der Waals surface area contributed by atoms with Gasteiger partial charge in [-0.25, -0.2) is 0 Å². The first-order valence-electron chi connectivity index (χ1n) is 9.06. The molecular formula is C18H27ClN4O3S. The van der Waals surface area contributed by atoms with E-state index in [1.54, 1.807) is 36.2 Å². The zero-order valence-corrected chi connectivity index (χ0v) is 17.4. The largest absolute Gasteiger partial charge is 0.349 e. The number of nitrogens with one attached hydrogen (secondary N) is 1. The maximum Gasteiger partial charge on any atom is 0.285 e. The van der Waals surface area contributed by atoms with Crippen molar-refractivity contribution in [2.45, 2.75) is 24.7 Å². The zero-order valence-electron chi connectivity index (χ0n) is 15.7. The van der Waals surface area contributed by atoms with Crippen molar-refractivity contribution in [2.24, 2.45) is 10.3 Å². The topological polar surface area (TPSA) is 82.1 Å². The number of rotatable bonds is 5. The van der Waals surface area contributed by atoms with Crippen molar-refractivity contribution in [3.05, 3.63) is 29.8 Å². The molecule has 9 heteroatoms. The van der Waals surface area contributed by atoms with E-state index in [9.17, 15) is 13.2 Å². The van der Waals surface area contributed by atoms with E-state index in [2.05, 4.69) is 16.6 Å². The number of benzene rings is 1. The number of likely N-dealkylation sites (N-methyl/N-ethyl adjacent to an activating group) is 1. The lowest BCUT2D eigenvalue weighted by atomic mass is 9.96. The van der Waals surface area contributed by atoms with Crippen molar-refractivity contribution >= 4 is 34.2 Å². The molecule has 0 saturated carbocycles. The smallest absolute Gasteiger partial charge is 0.285 e. The number of nitrogens with zero attached hydrogens (tertiary/aromatic N) is 3. The Hall–Kier alpha value is -1.64. The summed E-state index contributed by atoms with van der Waals surface area (Å²) in [6.45, 7) is 5.70. The van der Waals surface area contributed by atoms with Crippen molar-refractivity contribution in [3.63, 3.8) is 0 Å². The number of sulfonamides is 1. The first-order valence-corrected chi connectivity index (χ1v) is 10.5.